The number of pyridine rings is 1. The Morgan fingerprint density at radius 2 is 0.800 bits per heavy atom. The highest BCUT2D eigenvalue weighted by Gasteiger charge is 2.10. The molecule has 1 aromatic heterocycles. The third kappa shape index (κ3) is 4.22. The molecular formula is C37H27N3. The summed E-state index contributed by atoms with van der Waals surface area (Å²) in [5, 5.41) is 9.53. The Kier molecular flexibility index (Phi) is 5.90. The van der Waals surface area contributed by atoms with E-state index >= 15 is 0 Å². The fourth-order valence-electron chi connectivity index (χ4n) is 5.57. The number of fused-ring (bicyclic) bond motifs is 6. The number of hydrogen-bond donors (Lipinski definition) is 0. The van der Waals surface area contributed by atoms with Crippen LogP contribution in [0.2, 0.25) is 0 Å². The normalized spacial score (nSPS) is 12.6. The predicted octanol–water partition coefficient (Wildman–Crippen LogP) is 9.98. The number of benzene rings is 6. The van der Waals surface area contributed by atoms with Crippen molar-refractivity contribution in [3.05, 3.63) is 139 Å². The van der Waals surface area contributed by atoms with Crippen molar-refractivity contribution in [3.63, 3.8) is 0 Å². The quantitative estimate of drug-likeness (QED) is 0.170. The lowest BCUT2D eigenvalue weighted by Gasteiger charge is -2.10. The predicted molar refractivity (Wildman–Crippen MR) is 171 cm³/mol. The molecule has 7 rings (SSSR count). The van der Waals surface area contributed by atoms with E-state index in [4.69, 9.17) is 15.0 Å². The van der Waals surface area contributed by atoms with Gasteiger partial charge in [-0.1, -0.05) is 103 Å². The lowest BCUT2D eigenvalue weighted by molar-refractivity contribution is 1.24. The Bertz CT molecular complexity index is 1990. The minimum atomic E-state index is 0.840. The third-order valence-electron chi connectivity index (χ3n) is 7.56. The Balaban J connectivity index is 1.30. The van der Waals surface area contributed by atoms with Crippen LogP contribution in [0.5, 0.6) is 0 Å². The molecule has 0 unspecified atom stereocenters. The van der Waals surface area contributed by atoms with E-state index in [1.807, 2.05) is 32.0 Å². The minimum Gasteiger partial charge on any atom is -0.251 e. The molecule has 0 aliphatic carbocycles. The van der Waals surface area contributed by atoms with Gasteiger partial charge < -0.3 is 0 Å². The molecule has 0 bridgehead atoms. The van der Waals surface area contributed by atoms with E-state index in [1.165, 1.54) is 32.3 Å². The average Bonchev–Trinajstić information content (AvgIpc) is 3.01. The van der Waals surface area contributed by atoms with Crippen LogP contribution >= 0.6 is 0 Å². The Labute approximate surface area is 233 Å². The van der Waals surface area contributed by atoms with Crippen LogP contribution in [0.4, 0.5) is 11.4 Å². The van der Waals surface area contributed by atoms with E-state index in [0.717, 1.165) is 45.0 Å². The summed E-state index contributed by atoms with van der Waals surface area (Å²) in [5.41, 5.74) is 5.32. The van der Waals surface area contributed by atoms with Crippen molar-refractivity contribution in [2.24, 2.45) is 9.98 Å². The maximum absolute atomic E-state index is 5.08. The van der Waals surface area contributed by atoms with Crippen LogP contribution in [0.25, 0.3) is 43.1 Å². The van der Waals surface area contributed by atoms with Crippen LogP contribution in [0, 0.1) is 0 Å². The molecule has 0 N–H and O–H groups in total. The van der Waals surface area contributed by atoms with Gasteiger partial charge >= 0.3 is 0 Å². The Morgan fingerprint density at radius 3 is 1.25 bits per heavy atom. The topological polar surface area (TPSA) is 37.6 Å². The summed E-state index contributed by atoms with van der Waals surface area (Å²) in [6.45, 7) is 4.05. The summed E-state index contributed by atoms with van der Waals surface area (Å²) in [4.78, 5) is 15.2. The zero-order valence-corrected chi connectivity index (χ0v) is 22.5. The van der Waals surface area contributed by atoms with Gasteiger partial charge in [0, 0.05) is 10.8 Å². The fraction of sp³-hybridized carbons (Fsp3) is 0.0541. The molecule has 0 saturated heterocycles. The van der Waals surface area contributed by atoms with E-state index in [2.05, 4.69) is 109 Å². The summed E-state index contributed by atoms with van der Waals surface area (Å²) in [7, 11) is 0. The molecule has 0 atom stereocenters. The maximum Gasteiger partial charge on any atom is 0.0849 e. The number of nitrogens with zero attached hydrogens (tertiary/aromatic N) is 3. The van der Waals surface area contributed by atoms with Gasteiger partial charge in [0.15, 0.2) is 0 Å². The maximum atomic E-state index is 5.08. The molecule has 0 amide bonds. The van der Waals surface area contributed by atoms with Gasteiger partial charge in [0.25, 0.3) is 0 Å². The highest BCUT2D eigenvalue weighted by molar-refractivity contribution is 6.15. The number of rotatable bonds is 4. The average molecular weight is 514 g/mol. The molecule has 0 spiro atoms. The van der Waals surface area contributed by atoms with Gasteiger partial charge in [0.05, 0.1) is 34.2 Å². The van der Waals surface area contributed by atoms with Crippen molar-refractivity contribution in [3.8, 4) is 0 Å². The second kappa shape index (κ2) is 9.87. The molecular weight excluding hydrogens is 486 g/mol. The zero-order valence-electron chi connectivity index (χ0n) is 22.5. The first-order chi connectivity index (χ1) is 19.7. The molecule has 1 heterocycles. The van der Waals surface area contributed by atoms with E-state index in [-0.39, 0.29) is 0 Å². The fourth-order valence-corrected chi connectivity index (χ4v) is 5.57. The van der Waals surface area contributed by atoms with E-state index < -0.39 is 0 Å². The zero-order chi connectivity index (χ0) is 27.1. The molecule has 3 nitrogen and oxygen atoms in total. The van der Waals surface area contributed by atoms with Gasteiger partial charge in [0.1, 0.15) is 0 Å². The van der Waals surface area contributed by atoms with E-state index in [0.29, 0.717) is 0 Å². The summed E-state index contributed by atoms with van der Waals surface area (Å²) < 4.78 is 0. The van der Waals surface area contributed by atoms with Crippen molar-refractivity contribution in [1.29, 1.82) is 0 Å². The van der Waals surface area contributed by atoms with Gasteiger partial charge in [-0.3, -0.25) is 9.98 Å². The van der Waals surface area contributed by atoms with Crippen molar-refractivity contribution >= 4 is 65.9 Å². The van der Waals surface area contributed by atoms with Gasteiger partial charge in [-0.25, -0.2) is 4.98 Å². The number of hydrogen-bond acceptors (Lipinski definition) is 3. The van der Waals surface area contributed by atoms with Crippen LogP contribution in [0.1, 0.15) is 25.2 Å². The van der Waals surface area contributed by atoms with Crippen LogP contribution in [0.15, 0.2) is 137 Å². The Morgan fingerprint density at radius 1 is 0.425 bits per heavy atom. The van der Waals surface area contributed by atoms with Crippen molar-refractivity contribution in [2.75, 3.05) is 0 Å². The van der Waals surface area contributed by atoms with Crippen LogP contribution in [-0.4, -0.2) is 16.4 Å². The summed E-state index contributed by atoms with van der Waals surface area (Å²) in [6, 6.07) is 44.3. The van der Waals surface area contributed by atoms with E-state index in [1.54, 1.807) is 0 Å². The molecule has 40 heavy (non-hydrogen) atoms. The van der Waals surface area contributed by atoms with Gasteiger partial charge in [-0.05, 0) is 70.4 Å². The molecule has 3 heteroatoms. The van der Waals surface area contributed by atoms with Crippen molar-refractivity contribution in [1.82, 2.24) is 4.98 Å². The molecule has 7 aromatic rings. The Hall–Kier alpha value is -5.15. The molecule has 0 radical (unpaired) electrons. The molecule has 0 aliphatic rings. The standard InChI is InChI=1S/C37H27N3/c1-24(38-36-22-26-12-3-5-14-28(26)30-16-7-9-18-32(30)36)34-20-11-21-35(40-34)25(2)39-37-23-27-13-4-6-15-29(27)31-17-8-10-19-33(31)37/h3-23H,1-2H3/b38-24+,39-25+. The van der Waals surface area contributed by atoms with E-state index in [9.17, 15) is 0 Å². The highest BCUT2D eigenvalue weighted by atomic mass is 14.8. The number of aliphatic imine (C=N–C) groups is 2. The van der Waals surface area contributed by atoms with Crippen LogP contribution < -0.4 is 0 Å². The lowest BCUT2D eigenvalue weighted by Crippen LogP contribution is -2.05. The third-order valence-corrected chi connectivity index (χ3v) is 7.56. The lowest BCUT2D eigenvalue weighted by atomic mass is 10.0. The highest BCUT2D eigenvalue weighted by Crippen LogP contribution is 2.35. The van der Waals surface area contributed by atoms with Gasteiger partial charge in [0.2, 0.25) is 0 Å². The second-order valence-electron chi connectivity index (χ2n) is 10.1. The first kappa shape index (κ1) is 23.9. The SMILES string of the molecule is C/C(=N\c1cc2ccccc2c2ccccc12)c1cccc(/C(C)=N/c2cc3ccccc3c3ccccc23)n1. The molecule has 0 saturated carbocycles. The summed E-state index contributed by atoms with van der Waals surface area (Å²) in [6.07, 6.45) is 0. The largest absolute Gasteiger partial charge is 0.251 e. The molecule has 0 aliphatic heterocycles. The number of aromatic nitrogens is 1. The molecule has 0 fully saturated rings. The molecule has 6 aromatic carbocycles. The van der Waals surface area contributed by atoms with Gasteiger partial charge in [-0.15, -0.1) is 0 Å². The smallest absolute Gasteiger partial charge is 0.0849 e. The van der Waals surface area contributed by atoms with Gasteiger partial charge in [-0.2, -0.15) is 0 Å². The first-order valence-electron chi connectivity index (χ1n) is 13.5. The second-order valence-corrected chi connectivity index (χ2v) is 10.1. The minimum absolute atomic E-state index is 0.840. The molecule has 190 valence electrons. The van der Waals surface area contributed by atoms with Crippen LogP contribution in [0.3, 0.4) is 0 Å². The summed E-state index contributed by atoms with van der Waals surface area (Å²) in [5.74, 6) is 0. The monoisotopic (exact) mass is 513 g/mol. The van der Waals surface area contributed by atoms with Crippen molar-refractivity contribution in [2.45, 2.75) is 13.8 Å². The van der Waals surface area contributed by atoms with Crippen LogP contribution in [-0.2, 0) is 0 Å². The first-order valence-corrected chi connectivity index (χ1v) is 13.5. The summed E-state index contributed by atoms with van der Waals surface area (Å²) >= 11 is 0. The van der Waals surface area contributed by atoms with Crippen molar-refractivity contribution < 1.29 is 0 Å².